The number of carbonyl (C=O) groups is 3. The van der Waals surface area contributed by atoms with Gasteiger partial charge in [0, 0.05) is 38.3 Å². The highest BCUT2D eigenvalue weighted by Crippen LogP contribution is 2.14. The van der Waals surface area contributed by atoms with E-state index in [9.17, 15) is 14.4 Å². The number of ether oxygens (including phenoxy) is 2. The van der Waals surface area contributed by atoms with Crippen molar-refractivity contribution < 1.29 is 23.9 Å². The molecule has 2 aliphatic heterocycles. The molecule has 0 radical (unpaired) electrons. The number of hydrogen-bond donors (Lipinski definition) is 2. The van der Waals surface area contributed by atoms with Gasteiger partial charge in [-0.05, 0) is 37.0 Å². The van der Waals surface area contributed by atoms with E-state index >= 15 is 0 Å². The summed E-state index contributed by atoms with van der Waals surface area (Å²) < 4.78 is 11.2. The lowest BCUT2D eigenvalue weighted by Crippen LogP contribution is -2.34. The van der Waals surface area contributed by atoms with Crippen molar-refractivity contribution in [2.75, 3.05) is 19.8 Å². The molecule has 0 bridgehead atoms. The fraction of sp³-hybridized carbons (Fsp3) is 0.409. The standard InChI is InChI=1S/C22H27N5O5/c23-26-18(15-32-22-3-1-2-12-31-22)14-24-17-6-4-16(5-7-17)13-25-19(28)10-11-27-20(29)8-9-21(27)30/h4-9,14,22H,1-3,10-13,15,23H2,(H,25,28). The molecule has 10 nitrogen and oxygen atoms in total. The van der Waals surface area contributed by atoms with Gasteiger partial charge < -0.3 is 20.6 Å². The maximum Gasteiger partial charge on any atom is 0.253 e. The van der Waals surface area contributed by atoms with Crippen molar-refractivity contribution in [3.05, 3.63) is 42.0 Å². The summed E-state index contributed by atoms with van der Waals surface area (Å²) in [4.78, 5) is 40.3. The van der Waals surface area contributed by atoms with E-state index in [0.29, 0.717) is 24.6 Å². The SMILES string of the molecule is NN=C(C=Nc1ccc(CNC(=O)CCN2C(=O)C=CC2=O)cc1)COC1CCCCO1. The largest absolute Gasteiger partial charge is 0.353 e. The van der Waals surface area contributed by atoms with Crippen LogP contribution < -0.4 is 11.2 Å². The lowest BCUT2D eigenvalue weighted by Gasteiger charge is -2.22. The van der Waals surface area contributed by atoms with Gasteiger partial charge in [0.25, 0.3) is 11.8 Å². The third kappa shape index (κ3) is 7.10. The van der Waals surface area contributed by atoms with Gasteiger partial charge in [0.05, 0.1) is 18.5 Å². The number of nitrogens with two attached hydrogens (primary N) is 1. The number of amides is 3. The number of nitrogens with one attached hydrogen (secondary N) is 1. The van der Waals surface area contributed by atoms with Crippen molar-refractivity contribution >= 4 is 35.3 Å². The Morgan fingerprint density at radius 1 is 1.22 bits per heavy atom. The van der Waals surface area contributed by atoms with E-state index in [-0.39, 0.29) is 31.8 Å². The predicted molar refractivity (Wildman–Crippen MR) is 118 cm³/mol. The number of hydrazone groups is 1. The van der Waals surface area contributed by atoms with E-state index in [0.717, 1.165) is 29.7 Å². The number of aliphatic imine (C=N–C) groups is 1. The maximum absolute atomic E-state index is 12.0. The first-order valence-electron chi connectivity index (χ1n) is 10.5. The van der Waals surface area contributed by atoms with E-state index in [2.05, 4.69) is 15.4 Å². The van der Waals surface area contributed by atoms with E-state index in [1.807, 2.05) is 24.3 Å². The highest BCUT2D eigenvalue weighted by molar-refractivity contribution is 6.31. The van der Waals surface area contributed by atoms with Gasteiger partial charge in [-0.25, -0.2) is 0 Å². The van der Waals surface area contributed by atoms with Crippen LogP contribution in [0.1, 0.15) is 31.2 Å². The first-order valence-corrected chi connectivity index (χ1v) is 10.5. The minimum absolute atomic E-state index is 0.0523. The molecule has 2 aliphatic rings. The number of hydrogen-bond acceptors (Lipinski definition) is 8. The maximum atomic E-state index is 12.0. The average molecular weight is 441 g/mol. The summed E-state index contributed by atoms with van der Waals surface area (Å²) in [6.07, 6.45) is 6.77. The van der Waals surface area contributed by atoms with E-state index in [1.165, 1.54) is 12.2 Å². The van der Waals surface area contributed by atoms with Crippen LogP contribution in [0.2, 0.25) is 0 Å². The Kier molecular flexibility index (Phi) is 8.64. The normalized spacial score (nSPS) is 19.2. The van der Waals surface area contributed by atoms with Crippen molar-refractivity contribution in [2.45, 2.75) is 38.5 Å². The van der Waals surface area contributed by atoms with E-state index < -0.39 is 11.8 Å². The third-order valence-electron chi connectivity index (χ3n) is 4.97. The van der Waals surface area contributed by atoms with Crippen LogP contribution in [0.5, 0.6) is 0 Å². The zero-order chi connectivity index (χ0) is 22.8. The molecular formula is C22H27N5O5. The smallest absolute Gasteiger partial charge is 0.253 e. The molecule has 0 aromatic heterocycles. The van der Waals surface area contributed by atoms with Gasteiger partial charge in [-0.3, -0.25) is 24.3 Å². The molecule has 1 atom stereocenters. The molecule has 1 fully saturated rings. The molecule has 1 aromatic carbocycles. The van der Waals surface area contributed by atoms with Crippen molar-refractivity contribution in [3.8, 4) is 0 Å². The molecule has 32 heavy (non-hydrogen) atoms. The Morgan fingerprint density at radius 3 is 2.62 bits per heavy atom. The minimum atomic E-state index is -0.393. The summed E-state index contributed by atoms with van der Waals surface area (Å²) in [5.41, 5.74) is 2.09. The van der Waals surface area contributed by atoms with E-state index in [4.69, 9.17) is 15.3 Å². The molecule has 3 N–H and O–H groups in total. The average Bonchev–Trinajstić information content (AvgIpc) is 3.14. The number of nitrogens with zero attached hydrogens (tertiary/aromatic N) is 3. The van der Waals surface area contributed by atoms with E-state index in [1.54, 1.807) is 6.21 Å². The van der Waals surface area contributed by atoms with Gasteiger partial charge >= 0.3 is 0 Å². The first-order chi connectivity index (χ1) is 15.5. The monoisotopic (exact) mass is 441 g/mol. The molecule has 0 spiro atoms. The number of rotatable bonds is 10. The van der Waals surface area contributed by atoms with Crippen LogP contribution in [0.4, 0.5) is 5.69 Å². The second kappa shape index (κ2) is 11.9. The lowest BCUT2D eigenvalue weighted by molar-refractivity contribution is -0.152. The van der Waals surface area contributed by atoms with Crippen LogP contribution in [-0.2, 0) is 30.4 Å². The molecule has 1 unspecified atom stereocenters. The minimum Gasteiger partial charge on any atom is -0.353 e. The Labute approximate surface area is 186 Å². The molecule has 1 saturated heterocycles. The Morgan fingerprint density at radius 2 is 1.97 bits per heavy atom. The Bertz CT molecular complexity index is 886. The summed E-state index contributed by atoms with van der Waals surface area (Å²) in [6, 6.07) is 7.31. The molecule has 3 amide bonds. The van der Waals surface area contributed by atoms with Crippen LogP contribution in [0.15, 0.2) is 46.5 Å². The van der Waals surface area contributed by atoms with Crippen molar-refractivity contribution in [1.82, 2.24) is 10.2 Å². The van der Waals surface area contributed by atoms with Crippen molar-refractivity contribution in [2.24, 2.45) is 15.9 Å². The fourth-order valence-corrected chi connectivity index (χ4v) is 3.13. The zero-order valence-electron chi connectivity index (χ0n) is 17.7. The fourth-order valence-electron chi connectivity index (χ4n) is 3.13. The summed E-state index contributed by atoms with van der Waals surface area (Å²) in [5, 5.41) is 6.47. The van der Waals surface area contributed by atoms with Crippen LogP contribution in [0, 0.1) is 0 Å². The zero-order valence-corrected chi connectivity index (χ0v) is 17.7. The van der Waals surface area contributed by atoms with Crippen LogP contribution >= 0.6 is 0 Å². The molecule has 1 aromatic rings. The molecule has 2 heterocycles. The third-order valence-corrected chi connectivity index (χ3v) is 4.97. The summed E-state index contributed by atoms with van der Waals surface area (Å²) in [7, 11) is 0. The second-order valence-corrected chi connectivity index (χ2v) is 7.34. The van der Waals surface area contributed by atoms with Gasteiger partial charge in [-0.2, -0.15) is 5.10 Å². The Balaban J connectivity index is 1.39. The quantitative estimate of drug-likeness (QED) is 0.242. The number of carbonyl (C=O) groups excluding carboxylic acids is 3. The highest BCUT2D eigenvalue weighted by atomic mass is 16.7. The first kappa shape index (κ1) is 23.3. The molecular weight excluding hydrogens is 414 g/mol. The van der Waals surface area contributed by atoms with Gasteiger partial charge in [0.15, 0.2) is 6.29 Å². The summed E-state index contributed by atoms with van der Waals surface area (Å²) in [5.74, 6) is 4.39. The molecule has 0 aliphatic carbocycles. The van der Waals surface area contributed by atoms with Gasteiger partial charge in [0.2, 0.25) is 5.91 Å². The van der Waals surface area contributed by atoms with Crippen LogP contribution in [0.25, 0.3) is 0 Å². The van der Waals surface area contributed by atoms with Gasteiger partial charge in [-0.15, -0.1) is 0 Å². The van der Waals surface area contributed by atoms with Crippen LogP contribution in [-0.4, -0.2) is 60.6 Å². The lowest BCUT2D eigenvalue weighted by atomic mass is 10.2. The van der Waals surface area contributed by atoms with Crippen LogP contribution in [0.3, 0.4) is 0 Å². The summed E-state index contributed by atoms with van der Waals surface area (Å²) >= 11 is 0. The molecule has 0 saturated carbocycles. The second-order valence-electron chi connectivity index (χ2n) is 7.34. The number of imide groups is 1. The van der Waals surface area contributed by atoms with Crippen molar-refractivity contribution in [3.63, 3.8) is 0 Å². The molecule has 3 rings (SSSR count). The molecule has 10 heteroatoms. The topological polar surface area (TPSA) is 136 Å². The van der Waals surface area contributed by atoms with Gasteiger partial charge in [-0.1, -0.05) is 12.1 Å². The van der Waals surface area contributed by atoms with Gasteiger partial charge in [0.1, 0.15) is 5.71 Å². The Hall–Kier alpha value is -3.37. The molecule has 170 valence electrons. The summed E-state index contributed by atoms with van der Waals surface area (Å²) in [6.45, 7) is 1.31. The van der Waals surface area contributed by atoms with Crippen molar-refractivity contribution in [1.29, 1.82) is 0 Å². The highest BCUT2D eigenvalue weighted by Gasteiger charge is 2.23. The number of benzene rings is 1. The predicted octanol–water partition coefficient (Wildman–Crippen LogP) is 1.18.